The van der Waals surface area contributed by atoms with E-state index in [1.54, 1.807) is 6.20 Å². The van der Waals surface area contributed by atoms with Crippen molar-refractivity contribution >= 4 is 5.91 Å². The van der Waals surface area contributed by atoms with Gasteiger partial charge in [-0.25, -0.2) is 0 Å². The van der Waals surface area contributed by atoms with Gasteiger partial charge in [0.15, 0.2) is 0 Å². The van der Waals surface area contributed by atoms with Crippen LogP contribution in [0, 0.1) is 5.92 Å². The summed E-state index contributed by atoms with van der Waals surface area (Å²) in [5.41, 5.74) is 1.17. The molecule has 3 rings (SSSR count). The maximum absolute atomic E-state index is 12.9. The van der Waals surface area contributed by atoms with E-state index in [1.807, 2.05) is 12.3 Å². The van der Waals surface area contributed by atoms with E-state index < -0.39 is 0 Å². The van der Waals surface area contributed by atoms with Crippen molar-refractivity contribution < 1.29 is 4.79 Å². The number of rotatable bonds is 3. The molecule has 1 aromatic rings. The second kappa shape index (κ2) is 6.56. The van der Waals surface area contributed by atoms with Crippen molar-refractivity contribution in [1.82, 2.24) is 15.2 Å². The standard InChI is InChI=1S/C17H25N3O/c1-2-13-7-9-19-15(11-13)17(21)20-10-4-6-16(20)14-5-3-8-18-12-14/h3,5,8,12-13,15-16,19H,2,4,6-7,9-11H2,1H3. The predicted octanol–water partition coefficient (Wildman–Crippen LogP) is 2.52. The maximum Gasteiger partial charge on any atom is 0.240 e. The second-order valence-corrected chi connectivity index (χ2v) is 6.28. The molecule has 1 N–H and O–H groups in total. The Morgan fingerprint density at radius 1 is 1.48 bits per heavy atom. The Kier molecular flexibility index (Phi) is 4.54. The highest BCUT2D eigenvalue weighted by molar-refractivity contribution is 5.82. The van der Waals surface area contributed by atoms with E-state index in [9.17, 15) is 4.79 Å². The summed E-state index contributed by atoms with van der Waals surface area (Å²) in [5.74, 6) is 0.985. The van der Waals surface area contributed by atoms with Crippen molar-refractivity contribution in [1.29, 1.82) is 0 Å². The molecule has 2 aliphatic rings. The van der Waals surface area contributed by atoms with Crippen molar-refractivity contribution in [2.45, 2.75) is 51.1 Å². The molecule has 0 aliphatic carbocycles. The van der Waals surface area contributed by atoms with Crippen molar-refractivity contribution in [2.24, 2.45) is 5.92 Å². The number of aromatic nitrogens is 1. The predicted molar refractivity (Wildman–Crippen MR) is 82.7 cm³/mol. The molecule has 4 heteroatoms. The van der Waals surface area contributed by atoms with Crippen molar-refractivity contribution in [3.05, 3.63) is 30.1 Å². The molecule has 0 radical (unpaired) electrons. The Labute approximate surface area is 126 Å². The Hall–Kier alpha value is -1.42. The summed E-state index contributed by atoms with van der Waals surface area (Å²) in [7, 11) is 0. The van der Waals surface area contributed by atoms with Crippen LogP contribution in [0.15, 0.2) is 24.5 Å². The summed E-state index contributed by atoms with van der Waals surface area (Å²) in [6.45, 7) is 4.08. The average Bonchev–Trinajstić information content (AvgIpc) is 3.04. The van der Waals surface area contributed by atoms with Crippen molar-refractivity contribution in [3.63, 3.8) is 0 Å². The summed E-state index contributed by atoms with van der Waals surface area (Å²) >= 11 is 0. The van der Waals surface area contributed by atoms with E-state index in [-0.39, 0.29) is 12.1 Å². The van der Waals surface area contributed by atoms with E-state index in [0.29, 0.717) is 11.8 Å². The zero-order valence-electron chi connectivity index (χ0n) is 12.8. The number of piperidine rings is 1. The molecule has 1 aromatic heterocycles. The lowest BCUT2D eigenvalue weighted by Gasteiger charge is -2.34. The number of likely N-dealkylation sites (tertiary alicyclic amines) is 1. The smallest absolute Gasteiger partial charge is 0.240 e. The Bertz CT molecular complexity index is 476. The molecule has 0 saturated carbocycles. The monoisotopic (exact) mass is 287 g/mol. The van der Waals surface area contributed by atoms with Gasteiger partial charge in [-0.2, -0.15) is 0 Å². The summed E-state index contributed by atoms with van der Waals surface area (Å²) in [5, 5.41) is 3.43. The van der Waals surface area contributed by atoms with Gasteiger partial charge in [-0.05, 0) is 49.8 Å². The fourth-order valence-corrected chi connectivity index (χ4v) is 3.71. The molecule has 2 fully saturated rings. The minimum absolute atomic E-state index is 0.0148. The molecule has 21 heavy (non-hydrogen) atoms. The molecule has 3 heterocycles. The van der Waals surface area contributed by atoms with Crippen LogP contribution in [0.25, 0.3) is 0 Å². The molecular formula is C17H25N3O. The largest absolute Gasteiger partial charge is 0.334 e. The second-order valence-electron chi connectivity index (χ2n) is 6.28. The van der Waals surface area contributed by atoms with Crippen LogP contribution >= 0.6 is 0 Å². The number of hydrogen-bond acceptors (Lipinski definition) is 3. The van der Waals surface area contributed by atoms with Crippen LogP contribution in [0.4, 0.5) is 0 Å². The number of amides is 1. The third-order valence-electron chi connectivity index (χ3n) is 4.99. The molecule has 114 valence electrons. The fraction of sp³-hybridized carbons (Fsp3) is 0.647. The highest BCUT2D eigenvalue weighted by atomic mass is 16.2. The summed E-state index contributed by atoms with van der Waals surface area (Å²) < 4.78 is 0. The molecule has 3 unspecified atom stereocenters. The van der Waals surface area contributed by atoms with E-state index in [1.165, 1.54) is 18.4 Å². The van der Waals surface area contributed by atoms with Gasteiger partial charge in [0.1, 0.15) is 0 Å². The molecule has 1 amide bonds. The maximum atomic E-state index is 12.9. The third kappa shape index (κ3) is 3.10. The van der Waals surface area contributed by atoms with Gasteiger partial charge in [0.2, 0.25) is 5.91 Å². The van der Waals surface area contributed by atoms with Gasteiger partial charge in [0.05, 0.1) is 12.1 Å². The Morgan fingerprint density at radius 2 is 2.38 bits per heavy atom. The van der Waals surface area contributed by atoms with Crippen LogP contribution in [-0.4, -0.2) is 34.9 Å². The molecule has 0 spiro atoms. The minimum Gasteiger partial charge on any atom is -0.334 e. The lowest BCUT2D eigenvalue weighted by atomic mass is 9.89. The number of hydrogen-bond donors (Lipinski definition) is 1. The van der Waals surface area contributed by atoms with Crippen LogP contribution in [-0.2, 0) is 4.79 Å². The first-order valence-corrected chi connectivity index (χ1v) is 8.23. The lowest BCUT2D eigenvalue weighted by Crippen LogP contribution is -2.50. The number of carbonyl (C=O) groups is 1. The van der Waals surface area contributed by atoms with E-state index in [2.05, 4.69) is 28.2 Å². The zero-order valence-corrected chi connectivity index (χ0v) is 12.8. The minimum atomic E-state index is 0.0148. The van der Waals surface area contributed by atoms with Gasteiger partial charge < -0.3 is 10.2 Å². The first-order valence-electron chi connectivity index (χ1n) is 8.23. The number of nitrogens with zero attached hydrogens (tertiary/aromatic N) is 2. The highest BCUT2D eigenvalue weighted by Gasteiger charge is 2.35. The van der Waals surface area contributed by atoms with Crippen molar-refractivity contribution in [3.8, 4) is 0 Å². The van der Waals surface area contributed by atoms with Gasteiger partial charge in [0.25, 0.3) is 0 Å². The van der Waals surface area contributed by atoms with Gasteiger partial charge >= 0.3 is 0 Å². The van der Waals surface area contributed by atoms with Crippen LogP contribution in [0.5, 0.6) is 0 Å². The first kappa shape index (κ1) is 14.5. The van der Waals surface area contributed by atoms with E-state index in [0.717, 1.165) is 32.4 Å². The number of carbonyl (C=O) groups excluding carboxylic acids is 1. The quantitative estimate of drug-likeness (QED) is 0.929. The average molecular weight is 287 g/mol. The zero-order chi connectivity index (χ0) is 14.7. The molecule has 0 aromatic carbocycles. The number of pyridine rings is 1. The Morgan fingerprint density at radius 3 is 3.14 bits per heavy atom. The van der Waals surface area contributed by atoms with Crippen LogP contribution in [0.2, 0.25) is 0 Å². The summed E-state index contributed by atoms with van der Waals surface area (Å²) in [6, 6.07) is 4.28. The van der Waals surface area contributed by atoms with Crippen LogP contribution < -0.4 is 5.32 Å². The molecule has 2 saturated heterocycles. The molecule has 0 bridgehead atoms. The lowest BCUT2D eigenvalue weighted by molar-refractivity contribution is -0.135. The fourth-order valence-electron chi connectivity index (χ4n) is 3.71. The van der Waals surface area contributed by atoms with Gasteiger partial charge in [-0.3, -0.25) is 9.78 Å². The van der Waals surface area contributed by atoms with E-state index in [4.69, 9.17) is 0 Å². The SMILES string of the molecule is CCC1CCNC(C(=O)N2CCCC2c2cccnc2)C1. The Balaban J connectivity index is 1.71. The molecular weight excluding hydrogens is 262 g/mol. The molecule has 4 nitrogen and oxygen atoms in total. The van der Waals surface area contributed by atoms with E-state index >= 15 is 0 Å². The molecule has 2 aliphatic heterocycles. The van der Waals surface area contributed by atoms with Gasteiger partial charge in [0, 0.05) is 18.9 Å². The summed E-state index contributed by atoms with van der Waals surface area (Å²) in [6.07, 6.45) is 9.21. The van der Waals surface area contributed by atoms with Crippen LogP contribution in [0.1, 0.15) is 50.6 Å². The van der Waals surface area contributed by atoms with Gasteiger partial charge in [-0.1, -0.05) is 19.4 Å². The molecule has 3 atom stereocenters. The normalized spacial score (nSPS) is 29.6. The van der Waals surface area contributed by atoms with Crippen LogP contribution in [0.3, 0.4) is 0 Å². The first-order chi connectivity index (χ1) is 10.3. The summed E-state index contributed by atoms with van der Waals surface area (Å²) in [4.78, 5) is 19.2. The van der Waals surface area contributed by atoms with Gasteiger partial charge in [-0.15, -0.1) is 0 Å². The highest BCUT2D eigenvalue weighted by Crippen LogP contribution is 2.33. The third-order valence-corrected chi connectivity index (χ3v) is 4.99. The van der Waals surface area contributed by atoms with Crippen molar-refractivity contribution in [2.75, 3.05) is 13.1 Å². The topological polar surface area (TPSA) is 45.2 Å². The number of nitrogens with one attached hydrogen (secondary N) is 1.